The number of fused-ring (bicyclic) bond motifs is 1. The van der Waals surface area contributed by atoms with Gasteiger partial charge in [-0.15, -0.1) is 5.11 Å². The van der Waals surface area contributed by atoms with Crippen molar-refractivity contribution in [1.29, 1.82) is 0 Å². The van der Waals surface area contributed by atoms with Crippen LogP contribution < -0.4 is 0 Å². The largest absolute Gasteiger partial charge is 0.151 e. The quantitative estimate of drug-likeness (QED) is 0.654. The summed E-state index contributed by atoms with van der Waals surface area (Å²) in [6.45, 7) is 0. The third-order valence-electron chi connectivity index (χ3n) is 2.91. The Morgan fingerprint density at radius 3 is 2.67 bits per heavy atom. The second-order valence-electron chi connectivity index (χ2n) is 4.16. The van der Waals surface area contributed by atoms with Gasteiger partial charge >= 0.3 is 0 Å². The summed E-state index contributed by atoms with van der Waals surface area (Å²) in [5.41, 5.74) is 1.84. The summed E-state index contributed by atoms with van der Waals surface area (Å²) < 4.78 is 0. The zero-order valence-corrected chi connectivity index (χ0v) is 9.95. The highest BCUT2D eigenvalue weighted by atomic mass is 15.1. The lowest BCUT2D eigenvalue weighted by molar-refractivity contribution is 1.12. The molecule has 0 saturated heterocycles. The van der Waals surface area contributed by atoms with Crippen molar-refractivity contribution in [2.24, 2.45) is 10.2 Å². The molecule has 0 heterocycles. The fourth-order valence-electron chi connectivity index (χ4n) is 1.98. The number of hydrogen-bond acceptors (Lipinski definition) is 2. The van der Waals surface area contributed by atoms with Gasteiger partial charge in [-0.2, -0.15) is 5.11 Å². The Morgan fingerprint density at radius 1 is 0.889 bits per heavy atom. The molecule has 1 aliphatic carbocycles. The minimum atomic E-state index is 0.914. The van der Waals surface area contributed by atoms with E-state index in [0.29, 0.717) is 0 Å². The van der Waals surface area contributed by atoms with Gasteiger partial charge in [-0.25, -0.2) is 0 Å². The molecular weight excluding hydrogens is 220 g/mol. The molecule has 0 N–H and O–H groups in total. The van der Waals surface area contributed by atoms with Crippen molar-refractivity contribution in [3.8, 4) is 0 Å². The van der Waals surface area contributed by atoms with Gasteiger partial charge in [0.25, 0.3) is 0 Å². The Kier molecular flexibility index (Phi) is 3.01. The Labute approximate surface area is 106 Å². The molecule has 1 aliphatic rings. The summed E-state index contributed by atoms with van der Waals surface area (Å²) in [5, 5.41) is 11.0. The highest BCUT2D eigenvalue weighted by molar-refractivity contribution is 5.92. The molecule has 0 unspecified atom stereocenters. The van der Waals surface area contributed by atoms with Crippen LogP contribution in [-0.4, -0.2) is 0 Å². The molecule has 2 aromatic rings. The van der Waals surface area contributed by atoms with E-state index in [1.165, 1.54) is 5.39 Å². The van der Waals surface area contributed by atoms with Crippen LogP contribution in [0.5, 0.6) is 0 Å². The second kappa shape index (κ2) is 4.96. The number of azo groups is 1. The van der Waals surface area contributed by atoms with E-state index in [9.17, 15) is 0 Å². The summed E-state index contributed by atoms with van der Waals surface area (Å²) in [6, 6.07) is 14.3. The van der Waals surface area contributed by atoms with E-state index in [0.717, 1.165) is 23.2 Å². The third kappa shape index (κ3) is 2.23. The van der Waals surface area contributed by atoms with Gasteiger partial charge in [0.05, 0.1) is 11.4 Å². The van der Waals surface area contributed by atoms with Gasteiger partial charge < -0.3 is 0 Å². The van der Waals surface area contributed by atoms with Crippen molar-refractivity contribution in [2.75, 3.05) is 0 Å². The van der Waals surface area contributed by atoms with Gasteiger partial charge in [-0.05, 0) is 30.4 Å². The standard InChI is InChI=1S/C16H13N2/c1-2-9-14(10-3-1)17-18-16-12-6-8-13-7-4-5-11-15(13)16/h1-2,4-12H,3H2. The Balaban J connectivity index is 1.97. The van der Waals surface area contributed by atoms with Gasteiger partial charge in [0.1, 0.15) is 0 Å². The maximum absolute atomic E-state index is 4.35. The van der Waals surface area contributed by atoms with E-state index in [4.69, 9.17) is 0 Å². The van der Waals surface area contributed by atoms with Crippen LogP contribution in [0.3, 0.4) is 0 Å². The molecule has 87 valence electrons. The van der Waals surface area contributed by atoms with Crippen LogP contribution in [0.15, 0.2) is 76.6 Å². The second-order valence-corrected chi connectivity index (χ2v) is 4.16. The maximum Gasteiger partial charge on any atom is 0.0935 e. The third-order valence-corrected chi connectivity index (χ3v) is 2.91. The van der Waals surface area contributed by atoms with Crippen molar-refractivity contribution in [3.05, 3.63) is 72.8 Å². The molecule has 0 atom stereocenters. The molecule has 2 aromatic carbocycles. The molecule has 0 amide bonds. The number of benzene rings is 2. The van der Waals surface area contributed by atoms with E-state index in [1.54, 1.807) is 0 Å². The monoisotopic (exact) mass is 233 g/mol. The minimum absolute atomic E-state index is 0.914. The molecule has 0 saturated carbocycles. The Bertz CT molecular complexity index is 646. The van der Waals surface area contributed by atoms with E-state index in [-0.39, 0.29) is 0 Å². The van der Waals surface area contributed by atoms with E-state index < -0.39 is 0 Å². The van der Waals surface area contributed by atoms with Crippen LogP contribution in [0.25, 0.3) is 10.8 Å². The normalized spacial score (nSPS) is 15.2. The highest BCUT2D eigenvalue weighted by Gasteiger charge is 1.99. The molecule has 0 fully saturated rings. The summed E-state index contributed by atoms with van der Waals surface area (Å²) in [4.78, 5) is 0. The fraction of sp³-hybridized carbons (Fsp3) is 0.0625. The Hall–Kier alpha value is -2.22. The summed E-state index contributed by atoms with van der Waals surface area (Å²) in [5.74, 6) is 0. The first-order chi connectivity index (χ1) is 8.93. The SMILES string of the molecule is [CH]1C=CC(N=Nc2cccc3ccccc23)=CC1. The zero-order valence-electron chi connectivity index (χ0n) is 9.95. The van der Waals surface area contributed by atoms with Crippen LogP contribution in [0.4, 0.5) is 5.69 Å². The van der Waals surface area contributed by atoms with Crippen LogP contribution in [0.1, 0.15) is 6.42 Å². The van der Waals surface area contributed by atoms with Crippen molar-refractivity contribution in [2.45, 2.75) is 6.42 Å². The van der Waals surface area contributed by atoms with Crippen LogP contribution in [-0.2, 0) is 0 Å². The lowest BCUT2D eigenvalue weighted by Crippen LogP contribution is -1.80. The van der Waals surface area contributed by atoms with Gasteiger partial charge in [-0.3, -0.25) is 0 Å². The van der Waals surface area contributed by atoms with Gasteiger partial charge in [-0.1, -0.05) is 48.6 Å². The fourth-order valence-corrected chi connectivity index (χ4v) is 1.98. The number of nitrogens with zero attached hydrogens (tertiary/aromatic N) is 2. The van der Waals surface area contributed by atoms with Crippen molar-refractivity contribution in [3.63, 3.8) is 0 Å². The van der Waals surface area contributed by atoms with Crippen LogP contribution in [0.2, 0.25) is 0 Å². The van der Waals surface area contributed by atoms with Crippen molar-refractivity contribution in [1.82, 2.24) is 0 Å². The van der Waals surface area contributed by atoms with Crippen molar-refractivity contribution >= 4 is 16.5 Å². The highest BCUT2D eigenvalue weighted by Crippen LogP contribution is 2.26. The molecule has 18 heavy (non-hydrogen) atoms. The molecule has 2 heteroatoms. The minimum Gasteiger partial charge on any atom is -0.151 e. The first-order valence-electron chi connectivity index (χ1n) is 6.03. The molecule has 3 rings (SSSR count). The summed E-state index contributed by atoms with van der Waals surface area (Å²) in [7, 11) is 0. The van der Waals surface area contributed by atoms with Gasteiger partial charge in [0, 0.05) is 5.39 Å². The predicted molar refractivity (Wildman–Crippen MR) is 74.6 cm³/mol. The van der Waals surface area contributed by atoms with Gasteiger partial charge in [0.2, 0.25) is 0 Å². The molecular formula is C16H13N2. The molecule has 1 radical (unpaired) electrons. The van der Waals surface area contributed by atoms with Crippen LogP contribution in [0, 0.1) is 6.42 Å². The van der Waals surface area contributed by atoms with E-state index >= 15 is 0 Å². The maximum atomic E-state index is 4.35. The number of rotatable bonds is 2. The Morgan fingerprint density at radius 2 is 1.78 bits per heavy atom. The van der Waals surface area contributed by atoms with Crippen molar-refractivity contribution < 1.29 is 0 Å². The number of allylic oxidation sites excluding steroid dienone is 3. The smallest absolute Gasteiger partial charge is 0.0935 e. The zero-order chi connectivity index (χ0) is 12.2. The summed E-state index contributed by atoms with van der Waals surface area (Å²) >= 11 is 0. The molecule has 2 nitrogen and oxygen atoms in total. The molecule has 0 aromatic heterocycles. The lowest BCUT2D eigenvalue weighted by atomic mass is 10.1. The molecule has 0 aliphatic heterocycles. The topological polar surface area (TPSA) is 24.7 Å². The van der Waals surface area contributed by atoms with Crippen LogP contribution >= 0.6 is 0 Å². The molecule has 0 spiro atoms. The first kappa shape index (κ1) is 10.9. The number of hydrogen-bond donors (Lipinski definition) is 0. The first-order valence-corrected chi connectivity index (χ1v) is 6.03. The lowest BCUT2D eigenvalue weighted by Gasteiger charge is -2.02. The van der Waals surface area contributed by atoms with E-state index in [1.807, 2.05) is 36.4 Å². The van der Waals surface area contributed by atoms with E-state index in [2.05, 4.69) is 40.9 Å². The average Bonchev–Trinajstić information content (AvgIpc) is 2.46. The average molecular weight is 233 g/mol. The van der Waals surface area contributed by atoms with Gasteiger partial charge in [0.15, 0.2) is 0 Å². The summed E-state index contributed by atoms with van der Waals surface area (Å²) in [6.07, 6.45) is 9.07. The predicted octanol–water partition coefficient (Wildman–Crippen LogP) is 4.97. The molecule has 0 bridgehead atoms.